The average Bonchev–Trinajstić information content (AvgIpc) is 3.82. The number of ether oxygens (including phenoxy) is 4. The van der Waals surface area contributed by atoms with E-state index in [0.29, 0.717) is 50.1 Å². The second-order valence-electron chi connectivity index (χ2n) is 11.3. The van der Waals surface area contributed by atoms with Crippen LogP contribution in [0.5, 0.6) is 11.5 Å². The number of nitrogens with zero attached hydrogens (tertiary/aromatic N) is 4. The van der Waals surface area contributed by atoms with Crippen molar-refractivity contribution in [3.63, 3.8) is 0 Å². The summed E-state index contributed by atoms with van der Waals surface area (Å²) in [5.74, 6) is -0.275. The van der Waals surface area contributed by atoms with Gasteiger partial charge in [-0.25, -0.2) is 19.6 Å². The molecule has 7 rings (SSSR count). The number of methoxy groups -OCH3 is 4. The normalized spacial score (nSPS) is 10.7. The van der Waals surface area contributed by atoms with Gasteiger partial charge in [-0.05, 0) is 73.2 Å². The van der Waals surface area contributed by atoms with Gasteiger partial charge in [0.15, 0.2) is 11.5 Å². The monoisotopic (exact) mass is 748 g/mol. The minimum Gasteiger partial charge on any atom is -0.493 e. The van der Waals surface area contributed by atoms with Gasteiger partial charge < -0.3 is 30.0 Å². The van der Waals surface area contributed by atoms with Crippen LogP contribution in [0.2, 0.25) is 0 Å². The Morgan fingerprint density at radius 2 is 1.25 bits per heavy atom. The summed E-state index contributed by atoms with van der Waals surface area (Å²) in [5, 5.41) is 4.35. The summed E-state index contributed by atoms with van der Waals surface area (Å²) in [5.41, 5.74) is 11.8. The minimum atomic E-state index is -0.517. The Kier molecular flexibility index (Phi) is 10.9. The number of benzene rings is 3. The molecule has 7 aromatic rings. The molecule has 0 atom stereocenters. The molecule has 15 heteroatoms. The van der Waals surface area contributed by atoms with E-state index >= 15 is 0 Å². The van der Waals surface area contributed by atoms with Crippen LogP contribution in [-0.2, 0) is 9.47 Å². The average molecular weight is 749 g/mol. The number of fused-ring (bicyclic) bond motifs is 2. The predicted molar refractivity (Wildman–Crippen MR) is 205 cm³/mol. The third-order valence-electron chi connectivity index (χ3n) is 7.79. The van der Waals surface area contributed by atoms with Crippen LogP contribution in [0.15, 0.2) is 85.5 Å². The lowest BCUT2D eigenvalue weighted by molar-refractivity contribution is 0.0592. The SMILES string of the molecule is COC(=O)c1cc(N)cc(-c2nc3ccncc3s2)c1.COC(=O)c1cc(NC(=O)c2cc(C)c(OC)c(OC)c2)cc(-c2nc3ccncc3s2)c1. The van der Waals surface area contributed by atoms with Gasteiger partial charge in [0.05, 0.1) is 60.0 Å². The summed E-state index contributed by atoms with van der Waals surface area (Å²) in [6.45, 7) is 1.83. The summed E-state index contributed by atoms with van der Waals surface area (Å²) in [6.07, 6.45) is 6.88. The number of carbonyl (C=O) groups excluding carboxylic acids is 3. The van der Waals surface area contributed by atoms with Crippen LogP contribution in [0.4, 0.5) is 11.4 Å². The number of pyridine rings is 2. The zero-order valence-electron chi connectivity index (χ0n) is 29.1. The van der Waals surface area contributed by atoms with Crippen LogP contribution in [0, 0.1) is 6.92 Å². The molecule has 0 aliphatic rings. The number of esters is 2. The van der Waals surface area contributed by atoms with Gasteiger partial charge in [0, 0.05) is 52.9 Å². The van der Waals surface area contributed by atoms with Crippen LogP contribution in [0.25, 0.3) is 41.6 Å². The standard InChI is InChI=1S/C24H21N3O5S.C14H11N3O2S/c1-13-7-14(11-19(30-2)21(13)31-3)22(28)26-17-9-15(8-16(10-17)24(29)32-4)23-27-18-5-6-25-12-20(18)33-23;1-19-14(18)9-4-8(5-10(15)6-9)13-17-11-2-3-16-7-12(11)20-13/h5-12H,1-4H3,(H,26,28);2-7H,15H2,1H3. The quantitative estimate of drug-likeness (QED) is 0.116. The number of nitrogens with two attached hydrogens (primary N) is 1. The number of thiazole rings is 2. The van der Waals surface area contributed by atoms with Gasteiger partial charge in [-0.2, -0.15) is 0 Å². The molecule has 0 saturated carbocycles. The molecule has 0 bridgehead atoms. The van der Waals surface area contributed by atoms with E-state index in [2.05, 4.69) is 25.3 Å². The molecule has 0 radical (unpaired) electrons. The largest absolute Gasteiger partial charge is 0.493 e. The molecule has 0 aliphatic carbocycles. The first-order valence-electron chi connectivity index (χ1n) is 15.8. The van der Waals surface area contributed by atoms with Gasteiger partial charge in [-0.1, -0.05) is 0 Å². The van der Waals surface area contributed by atoms with Crippen LogP contribution in [-0.4, -0.2) is 66.2 Å². The van der Waals surface area contributed by atoms with Crippen LogP contribution < -0.4 is 20.5 Å². The van der Waals surface area contributed by atoms with Crippen LogP contribution >= 0.6 is 22.7 Å². The molecule has 0 aliphatic heterocycles. The second-order valence-corrected chi connectivity index (χ2v) is 13.4. The molecule has 4 aromatic heterocycles. The second kappa shape index (κ2) is 15.8. The molecule has 0 spiro atoms. The Morgan fingerprint density at radius 1 is 0.679 bits per heavy atom. The van der Waals surface area contributed by atoms with E-state index in [1.165, 1.54) is 44.0 Å². The highest BCUT2D eigenvalue weighted by atomic mass is 32.1. The van der Waals surface area contributed by atoms with Crippen molar-refractivity contribution in [3.8, 4) is 32.6 Å². The molecule has 0 unspecified atom stereocenters. The number of nitrogen functional groups attached to an aromatic ring is 1. The fourth-order valence-electron chi connectivity index (χ4n) is 5.37. The van der Waals surface area contributed by atoms with Crippen molar-refractivity contribution < 1.29 is 33.3 Å². The number of anilines is 2. The van der Waals surface area contributed by atoms with E-state index in [1.54, 1.807) is 80.4 Å². The van der Waals surface area contributed by atoms with E-state index in [9.17, 15) is 14.4 Å². The maximum atomic E-state index is 13.0. The molecule has 53 heavy (non-hydrogen) atoms. The number of aromatic nitrogens is 4. The van der Waals surface area contributed by atoms with Crippen molar-refractivity contribution in [1.82, 2.24) is 19.9 Å². The van der Waals surface area contributed by atoms with E-state index < -0.39 is 11.9 Å². The summed E-state index contributed by atoms with van der Waals surface area (Å²) in [7, 11) is 5.71. The summed E-state index contributed by atoms with van der Waals surface area (Å²) < 4.78 is 22.2. The molecule has 0 fully saturated rings. The molecule has 268 valence electrons. The maximum absolute atomic E-state index is 13.0. The summed E-state index contributed by atoms with van der Waals surface area (Å²) in [4.78, 5) is 54.3. The van der Waals surface area contributed by atoms with Gasteiger partial charge in [0.1, 0.15) is 10.0 Å². The number of amides is 1. The topological polar surface area (TPSA) is 178 Å². The Morgan fingerprint density at radius 3 is 1.77 bits per heavy atom. The third-order valence-corrected chi connectivity index (χ3v) is 9.90. The third kappa shape index (κ3) is 8.06. The smallest absolute Gasteiger partial charge is 0.337 e. The number of nitrogens with one attached hydrogen (secondary N) is 1. The highest BCUT2D eigenvalue weighted by molar-refractivity contribution is 7.22. The molecular weight excluding hydrogens is 717 g/mol. The number of carbonyl (C=O) groups is 3. The lowest BCUT2D eigenvalue weighted by atomic mass is 10.1. The Hall–Kier alpha value is -6.45. The first kappa shape index (κ1) is 36.3. The number of rotatable bonds is 8. The molecule has 13 nitrogen and oxygen atoms in total. The molecule has 0 saturated heterocycles. The first-order valence-corrected chi connectivity index (χ1v) is 17.4. The zero-order valence-corrected chi connectivity index (χ0v) is 30.8. The number of aryl methyl sites for hydroxylation is 1. The zero-order chi connectivity index (χ0) is 37.6. The molecule has 3 aromatic carbocycles. The van der Waals surface area contributed by atoms with Gasteiger partial charge in [0.2, 0.25) is 0 Å². The molecule has 4 heterocycles. The predicted octanol–water partition coefficient (Wildman–Crippen LogP) is 7.45. The van der Waals surface area contributed by atoms with Gasteiger partial charge in [0.25, 0.3) is 5.91 Å². The van der Waals surface area contributed by atoms with Crippen molar-refractivity contribution in [2.75, 3.05) is 39.5 Å². The lowest BCUT2D eigenvalue weighted by Crippen LogP contribution is -2.13. The highest BCUT2D eigenvalue weighted by Crippen LogP contribution is 2.35. The van der Waals surface area contributed by atoms with Crippen molar-refractivity contribution in [2.24, 2.45) is 0 Å². The summed E-state index contributed by atoms with van der Waals surface area (Å²) >= 11 is 2.95. The molecule has 3 N–H and O–H groups in total. The Bertz CT molecular complexity index is 2430. The van der Waals surface area contributed by atoms with Crippen LogP contribution in [0.1, 0.15) is 36.6 Å². The van der Waals surface area contributed by atoms with Crippen molar-refractivity contribution in [3.05, 3.63) is 108 Å². The fraction of sp³-hybridized carbons (Fsp3) is 0.132. The van der Waals surface area contributed by atoms with Gasteiger partial charge >= 0.3 is 11.9 Å². The lowest BCUT2D eigenvalue weighted by Gasteiger charge is -2.13. The minimum absolute atomic E-state index is 0.297. The van der Waals surface area contributed by atoms with Crippen LogP contribution in [0.3, 0.4) is 0 Å². The highest BCUT2D eigenvalue weighted by Gasteiger charge is 2.18. The summed E-state index contributed by atoms with van der Waals surface area (Å²) in [6, 6.07) is 17.1. The van der Waals surface area contributed by atoms with Crippen molar-refractivity contribution in [1.29, 1.82) is 0 Å². The number of hydrogen-bond donors (Lipinski definition) is 2. The van der Waals surface area contributed by atoms with Gasteiger partial charge in [-0.3, -0.25) is 14.8 Å². The first-order chi connectivity index (χ1) is 25.6. The van der Waals surface area contributed by atoms with E-state index in [1.807, 2.05) is 19.1 Å². The Labute approximate surface area is 311 Å². The van der Waals surface area contributed by atoms with Gasteiger partial charge in [-0.15, -0.1) is 22.7 Å². The molecular formula is C38H32N6O7S2. The molecule has 1 amide bonds. The van der Waals surface area contributed by atoms with E-state index in [0.717, 1.165) is 36.6 Å². The van der Waals surface area contributed by atoms with E-state index in [4.69, 9.17) is 24.7 Å². The maximum Gasteiger partial charge on any atom is 0.337 e. The number of hydrogen-bond acceptors (Lipinski definition) is 14. The fourth-order valence-corrected chi connectivity index (χ4v) is 7.21. The van der Waals surface area contributed by atoms with Crippen molar-refractivity contribution in [2.45, 2.75) is 6.92 Å². The Balaban J connectivity index is 0.000000204. The van der Waals surface area contributed by atoms with Crippen molar-refractivity contribution >= 4 is 72.3 Å². The van der Waals surface area contributed by atoms with E-state index in [-0.39, 0.29) is 5.91 Å².